The summed E-state index contributed by atoms with van der Waals surface area (Å²) in [5.74, 6) is 0.758. The lowest BCUT2D eigenvalue weighted by Crippen LogP contribution is -2.27. The molecule has 1 atom stereocenters. The van der Waals surface area contributed by atoms with E-state index in [4.69, 9.17) is 9.84 Å². The van der Waals surface area contributed by atoms with Gasteiger partial charge in [-0.05, 0) is 29.8 Å². The highest BCUT2D eigenvalue weighted by Gasteiger charge is 2.16. The van der Waals surface area contributed by atoms with Crippen molar-refractivity contribution < 1.29 is 9.84 Å². The number of aliphatic hydroxyl groups excluding tert-OH is 1. The Morgan fingerprint density at radius 2 is 2.11 bits per heavy atom. The molecule has 0 radical (unpaired) electrons. The van der Waals surface area contributed by atoms with Crippen molar-refractivity contribution in [2.24, 2.45) is 0 Å². The first-order chi connectivity index (χ1) is 9.28. The second-order valence-corrected chi connectivity index (χ2v) is 4.34. The molecule has 4 heteroatoms. The predicted octanol–water partition coefficient (Wildman–Crippen LogP) is 1.95. The molecule has 1 N–H and O–H groups in total. The van der Waals surface area contributed by atoms with Crippen LogP contribution in [0.4, 0.5) is 0 Å². The van der Waals surface area contributed by atoms with E-state index in [1.807, 2.05) is 36.4 Å². The molecule has 0 aliphatic carbocycles. The molecule has 1 aliphatic heterocycles. The Labute approximate surface area is 110 Å². The second-order valence-electron chi connectivity index (χ2n) is 4.34. The minimum atomic E-state index is -0.449. The van der Waals surface area contributed by atoms with Crippen molar-refractivity contribution in [3.8, 4) is 5.75 Å². The molecule has 0 amide bonds. The van der Waals surface area contributed by atoms with Gasteiger partial charge in [0.2, 0.25) is 0 Å². The number of pyridine rings is 1. The van der Waals surface area contributed by atoms with Crippen LogP contribution in [0.2, 0.25) is 0 Å². The number of benzene rings is 1. The Bertz CT molecular complexity index is 688. The van der Waals surface area contributed by atoms with Crippen LogP contribution in [0.25, 0.3) is 6.08 Å². The zero-order valence-electron chi connectivity index (χ0n) is 10.2. The summed E-state index contributed by atoms with van der Waals surface area (Å²) in [6.07, 6.45) is 4.96. The Balaban J connectivity index is 1.96. The Kier molecular flexibility index (Phi) is 2.93. The van der Waals surface area contributed by atoms with Crippen molar-refractivity contribution in [1.29, 1.82) is 0 Å². The lowest BCUT2D eigenvalue weighted by molar-refractivity contribution is 0.174. The number of fused-ring (bicyclic) bond motifs is 1. The van der Waals surface area contributed by atoms with Gasteiger partial charge in [0.1, 0.15) is 5.75 Å². The van der Waals surface area contributed by atoms with Crippen LogP contribution in [0.1, 0.15) is 17.4 Å². The Morgan fingerprint density at radius 1 is 1.26 bits per heavy atom. The Hall–Kier alpha value is -2.33. The highest BCUT2D eigenvalue weighted by molar-refractivity contribution is 5.59. The van der Waals surface area contributed by atoms with Crippen LogP contribution in [-0.4, -0.2) is 9.67 Å². The van der Waals surface area contributed by atoms with E-state index in [0.717, 1.165) is 11.3 Å². The SMILES string of the molecule is O=c1cc(CO)ccn1C1C=Cc2ccccc2O1. The van der Waals surface area contributed by atoms with Crippen molar-refractivity contribution in [2.75, 3.05) is 0 Å². The van der Waals surface area contributed by atoms with Gasteiger partial charge in [-0.3, -0.25) is 9.36 Å². The van der Waals surface area contributed by atoms with Gasteiger partial charge in [0.25, 0.3) is 5.56 Å². The van der Waals surface area contributed by atoms with E-state index in [2.05, 4.69) is 0 Å². The highest BCUT2D eigenvalue weighted by atomic mass is 16.5. The van der Waals surface area contributed by atoms with Crippen LogP contribution in [0.15, 0.2) is 53.5 Å². The van der Waals surface area contributed by atoms with E-state index < -0.39 is 6.23 Å². The highest BCUT2D eigenvalue weighted by Crippen LogP contribution is 2.28. The lowest BCUT2D eigenvalue weighted by Gasteiger charge is -2.23. The molecular formula is C15H13NO3. The fourth-order valence-corrected chi connectivity index (χ4v) is 2.07. The van der Waals surface area contributed by atoms with Crippen molar-refractivity contribution >= 4 is 6.08 Å². The molecule has 4 nitrogen and oxygen atoms in total. The minimum absolute atomic E-state index is 0.139. The van der Waals surface area contributed by atoms with Gasteiger partial charge < -0.3 is 9.84 Å². The van der Waals surface area contributed by atoms with Crippen LogP contribution in [0.5, 0.6) is 5.75 Å². The number of rotatable bonds is 2. The molecule has 0 saturated carbocycles. The quantitative estimate of drug-likeness (QED) is 0.892. The van der Waals surface area contributed by atoms with E-state index >= 15 is 0 Å². The molecular weight excluding hydrogens is 242 g/mol. The van der Waals surface area contributed by atoms with Gasteiger partial charge >= 0.3 is 0 Å². The summed E-state index contributed by atoms with van der Waals surface area (Å²) in [6, 6.07) is 10.8. The molecule has 2 heterocycles. The first-order valence-corrected chi connectivity index (χ1v) is 6.04. The maximum atomic E-state index is 11.9. The topological polar surface area (TPSA) is 51.5 Å². The molecule has 0 spiro atoms. The molecule has 3 rings (SSSR count). The summed E-state index contributed by atoms with van der Waals surface area (Å²) in [5.41, 5.74) is 1.40. The first-order valence-electron chi connectivity index (χ1n) is 6.04. The van der Waals surface area contributed by atoms with E-state index in [1.54, 1.807) is 12.3 Å². The molecule has 0 fully saturated rings. The van der Waals surface area contributed by atoms with Crippen LogP contribution in [-0.2, 0) is 6.61 Å². The van der Waals surface area contributed by atoms with Gasteiger partial charge in [0, 0.05) is 17.8 Å². The third-order valence-electron chi connectivity index (χ3n) is 3.08. The third-order valence-corrected chi connectivity index (χ3v) is 3.08. The zero-order chi connectivity index (χ0) is 13.2. The second kappa shape index (κ2) is 4.74. The first kappa shape index (κ1) is 11.7. The van der Waals surface area contributed by atoms with E-state index in [-0.39, 0.29) is 12.2 Å². The van der Waals surface area contributed by atoms with Crippen LogP contribution < -0.4 is 10.3 Å². The smallest absolute Gasteiger partial charge is 0.254 e. The van der Waals surface area contributed by atoms with Crippen molar-refractivity contribution in [3.63, 3.8) is 0 Å². The summed E-state index contributed by atoms with van der Waals surface area (Å²) < 4.78 is 7.28. The number of aliphatic hydroxyl groups is 1. The number of hydrogen-bond acceptors (Lipinski definition) is 3. The molecule has 0 bridgehead atoms. The normalized spacial score (nSPS) is 16.8. The largest absolute Gasteiger partial charge is 0.466 e. The minimum Gasteiger partial charge on any atom is -0.466 e. The molecule has 1 aromatic carbocycles. The summed E-state index contributed by atoms with van der Waals surface area (Å²) in [7, 11) is 0. The van der Waals surface area contributed by atoms with Crippen molar-refractivity contribution in [1.82, 2.24) is 4.57 Å². The standard InChI is InChI=1S/C15H13NO3/c17-10-11-7-8-16(14(18)9-11)15-6-5-12-3-1-2-4-13(12)19-15/h1-9,15,17H,10H2. The molecule has 2 aromatic rings. The van der Waals surface area contributed by atoms with E-state index in [9.17, 15) is 4.79 Å². The Morgan fingerprint density at radius 3 is 2.89 bits per heavy atom. The average Bonchev–Trinajstić information content (AvgIpc) is 2.46. The molecule has 1 aromatic heterocycles. The number of hydrogen-bond donors (Lipinski definition) is 1. The van der Waals surface area contributed by atoms with Crippen LogP contribution in [0.3, 0.4) is 0 Å². The van der Waals surface area contributed by atoms with E-state index in [1.165, 1.54) is 10.6 Å². The maximum Gasteiger partial charge on any atom is 0.254 e. The summed E-state index contributed by atoms with van der Waals surface area (Å²) >= 11 is 0. The monoisotopic (exact) mass is 255 g/mol. The van der Waals surface area contributed by atoms with Gasteiger partial charge in [-0.1, -0.05) is 18.2 Å². The van der Waals surface area contributed by atoms with Crippen LogP contribution >= 0.6 is 0 Å². The molecule has 19 heavy (non-hydrogen) atoms. The summed E-state index contributed by atoms with van der Waals surface area (Å²) in [5, 5.41) is 9.00. The number of aromatic nitrogens is 1. The molecule has 96 valence electrons. The van der Waals surface area contributed by atoms with Gasteiger partial charge in [-0.15, -0.1) is 0 Å². The number of ether oxygens (including phenoxy) is 1. The lowest BCUT2D eigenvalue weighted by atomic mass is 10.1. The fourth-order valence-electron chi connectivity index (χ4n) is 2.07. The van der Waals surface area contributed by atoms with Crippen LogP contribution in [0, 0.1) is 0 Å². The zero-order valence-corrected chi connectivity index (χ0v) is 10.2. The summed E-state index contributed by atoms with van der Waals surface area (Å²) in [6.45, 7) is -0.139. The van der Waals surface area contributed by atoms with Crippen molar-refractivity contribution in [3.05, 3.63) is 70.2 Å². The van der Waals surface area contributed by atoms with E-state index in [0.29, 0.717) is 5.56 Å². The fraction of sp³-hybridized carbons (Fsp3) is 0.133. The number of para-hydroxylation sites is 1. The third kappa shape index (κ3) is 2.18. The molecule has 0 saturated heterocycles. The van der Waals surface area contributed by atoms with Gasteiger partial charge in [-0.25, -0.2) is 0 Å². The summed E-state index contributed by atoms with van der Waals surface area (Å²) in [4.78, 5) is 11.9. The van der Waals surface area contributed by atoms with Crippen molar-refractivity contribution in [2.45, 2.75) is 12.8 Å². The van der Waals surface area contributed by atoms with Gasteiger partial charge in [0.05, 0.1) is 6.61 Å². The predicted molar refractivity (Wildman–Crippen MR) is 71.8 cm³/mol. The number of nitrogens with zero attached hydrogens (tertiary/aromatic N) is 1. The molecule has 1 aliphatic rings. The van der Waals surface area contributed by atoms with Gasteiger partial charge in [-0.2, -0.15) is 0 Å². The maximum absolute atomic E-state index is 11.9. The molecule has 1 unspecified atom stereocenters. The average molecular weight is 255 g/mol. The van der Waals surface area contributed by atoms with Gasteiger partial charge in [0.15, 0.2) is 6.23 Å².